The first-order chi connectivity index (χ1) is 12.1. The molecule has 6 nitrogen and oxygen atoms in total. The van der Waals surface area contributed by atoms with Crippen molar-refractivity contribution < 1.29 is 4.79 Å². The predicted molar refractivity (Wildman–Crippen MR) is 101 cm³/mol. The van der Waals surface area contributed by atoms with Gasteiger partial charge in [0.1, 0.15) is 5.01 Å². The van der Waals surface area contributed by atoms with Gasteiger partial charge in [-0.25, -0.2) is 0 Å². The van der Waals surface area contributed by atoms with Crippen LogP contribution in [0.2, 0.25) is 0 Å². The zero-order chi connectivity index (χ0) is 17.4. The summed E-state index contributed by atoms with van der Waals surface area (Å²) in [6.07, 6.45) is 5.79. The highest BCUT2D eigenvalue weighted by molar-refractivity contribution is 7.15. The van der Waals surface area contributed by atoms with E-state index in [1.807, 2.05) is 13.0 Å². The van der Waals surface area contributed by atoms with E-state index in [0.29, 0.717) is 29.2 Å². The lowest BCUT2D eigenvalue weighted by Gasteiger charge is -2.27. The van der Waals surface area contributed by atoms with E-state index >= 15 is 0 Å². The first-order valence-electron chi connectivity index (χ1n) is 8.80. The molecule has 25 heavy (non-hydrogen) atoms. The summed E-state index contributed by atoms with van der Waals surface area (Å²) in [5.74, 6) is 0.441. The molecule has 0 aliphatic heterocycles. The monoisotopic (exact) mass is 377 g/mol. The van der Waals surface area contributed by atoms with Crippen LogP contribution in [0.1, 0.15) is 58.3 Å². The second kappa shape index (κ2) is 7.11. The summed E-state index contributed by atoms with van der Waals surface area (Å²) in [5, 5.41) is 18.0. The topological polar surface area (TPSA) is 92.9 Å². The standard InChI is InChI=1S/C17H23N5OS2/c1-9-21-22-17(25-9)20-16(23)15-6-10(8-24-15)13-7-14(13)19-12-4-2-11(18)3-5-12/h6,8,11-14,19H,2-5,7,18H2,1H3,(H,20,22,23). The molecule has 2 atom stereocenters. The van der Waals surface area contributed by atoms with E-state index in [4.69, 9.17) is 5.73 Å². The molecular formula is C17H23N5OS2. The number of carbonyl (C=O) groups excluding carboxylic acids is 1. The molecule has 8 heteroatoms. The minimum Gasteiger partial charge on any atom is -0.328 e. The van der Waals surface area contributed by atoms with Crippen LogP contribution in [0.25, 0.3) is 0 Å². The summed E-state index contributed by atoms with van der Waals surface area (Å²) in [5.41, 5.74) is 7.25. The van der Waals surface area contributed by atoms with Crippen molar-refractivity contribution in [2.24, 2.45) is 5.73 Å². The van der Waals surface area contributed by atoms with Crippen molar-refractivity contribution in [3.05, 3.63) is 26.9 Å². The third-order valence-corrected chi connectivity index (χ3v) is 6.73. The number of carbonyl (C=O) groups is 1. The number of anilines is 1. The Morgan fingerprint density at radius 2 is 2.08 bits per heavy atom. The molecule has 0 radical (unpaired) electrons. The van der Waals surface area contributed by atoms with Crippen LogP contribution in [0, 0.1) is 6.92 Å². The summed E-state index contributed by atoms with van der Waals surface area (Å²) < 4.78 is 0. The highest BCUT2D eigenvalue weighted by Crippen LogP contribution is 2.43. The predicted octanol–water partition coefficient (Wildman–Crippen LogP) is 2.88. The SMILES string of the molecule is Cc1nnc(NC(=O)c2cc(C3CC3NC3CCC(N)CC3)cs2)s1. The molecule has 2 aromatic heterocycles. The molecule has 134 valence electrons. The van der Waals surface area contributed by atoms with Crippen molar-refractivity contribution in [2.75, 3.05) is 5.32 Å². The van der Waals surface area contributed by atoms with Crippen LogP contribution in [-0.4, -0.2) is 34.2 Å². The Morgan fingerprint density at radius 1 is 1.28 bits per heavy atom. The van der Waals surface area contributed by atoms with Crippen molar-refractivity contribution in [3.8, 4) is 0 Å². The molecule has 2 aliphatic carbocycles. The molecule has 4 N–H and O–H groups in total. The largest absolute Gasteiger partial charge is 0.328 e. The first-order valence-corrected chi connectivity index (χ1v) is 10.5. The Labute approximate surface area is 155 Å². The molecule has 2 heterocycles. The average molecular weight is 378 g/mol. The number of aromatic nitrogens is 2. The van der Waals surface area contributed by atoms with Crippen molar-refractivity contribution >= 4 is 33.7 Å². The summed E-state index contributed by atoms with van der Waals surface area (Å²) >= 11 is 2.89. The molecule has 2 aliphatic rings. The van der Waals surface area contributed by atoms with Gasteiger partial charge >= 0.3 is 0 Å². The Hall–Kier alpha value is -1.35. The van der Waals surface area contributed by atoms with Gasteiger partial charge in [-0.1, -0.05) is 11.3 Å². The molecule has 0 bridgehead atoms. The third kappa shape index (κ3) is 4.08. The number of nitrogens with two attached hydrogens (primary N) is 1. The van der Waals surface area contributed by atoms with Crippen LogP contribution >= 0.6 is 22.7 Å². The van der Waals surface area contributed by atoms with Gasteiger partial charge in [0.05, 0.1) is 4.88 Å². The van der Waals surface area contributed by atoms with E-state index in [-0.39, 0.29) is 5.91 Å². The maximum atomic E-state index is 12.3. The smallest absolute Gasteiger partial charge is 0.267 e. The fraction of sp³-hybridized carbons (Fsp3) is 0.588. The molecule has 2 saturated carbocycles. The second-order valence-corrected chi connectivity index (χ2v) is 9.14. The number of aryl methyl sites for hydroxylation is 1. The second-order valence-electron chi connectivity index (χ2n) is 7.05. The van der Waals surface area contributed by atoms with Gasteiger partial charge in [-0.2, -0.15) is 0 Å². The number of amides is 1. The first kappa shape index (κ1) is 17.1. The van der Waals surface area contributed by atoms with Crippen molar-refractivity contribution in [2.45, 2.75) is 63.1 Å². The van der Waals surface area contributed by atoms with Crippen molar-refractivity contribution in [1.29, 1.82) is 0 Å². The Bertz CT molecular complexity index is 750. The Balaban J connectivity index is 1.30. The number of hydrogen-bond acceptors (Lipinski definition) is 7. The van der Waals surface area contributed by atoms with Gasteiger partial charge in [-0.15, -0.1) is 21.5 Å². The van der Waals surface area contributed by atoms with Crippen molar-refractivity contribution in [1.82, 2.24) is 15.5 Å². The lowest BCUT2D eigenvalue weighted by Crippen LogP contribution is -2.38. The van der Waals surface area contributed by atoms with E-state index in [9.17, 15) is 4.79 Å². The van der Waals surface area contributed by atoms with E-state index in [0.717, 1.165) is 29.1 Å². The van der Waals surface area contributed by atoms with Crippen LogP contribution in [0.3, 0.4) is 0 Å². The molecule has 2 unspecified atom stereocenters. The normalized spacial score (nSPS) is 28.7. The lowest BCUT2D eigenvalue weighted by atomic mass is 9.92. The van der Waals surface area contributed by atoms with Gasteiger partial charge in [0.2, 0.25) is 5.13 Å². The minimum atomic E-state index is -0.0983. The number of thiophene rings is 1. The number of rotatable bonds is 5. The molecular weight excluding hydrogens is 354 g/mol. The number of nitrogens with zero attached hydrogens (tertiary/aromatic N) is 2. The maximum absolute atomic E-state index is 12.3. The Morgan fingerprint density at radius 3 is 2.80 bits per heavy atom. The highest BCUT2D eigenvalue weighted by Gasteiger charge is 2.40. The van der Waals surface area contributed by atoms with E-state index in [1.165, 1.54) is 41.1 Å². The van der Waals surface area contributed by atoms with Gasteiger partial charge in [0.25, 0.3) is 5.91 Å². The Kier molecular flexibility index (Phi) is 4.86. The fourth-order valence-electron chi connectivity index (χ4n) is 3.51. The zero-order valence-corrected chi connectivity index (χ0v) is 15.8. The van der Waals surface area contributed by atoms with Crippen LogP contribution in [0.15, 0.2) is 11.4 Å². The van der Waals surface area contributed by atoms with Crippen LogP contribution in [0.4, 0.5) is 5.13 Å². The van der Waals surface area contributed by atoms with Crippen LogP contribution in [0.5, 0.6) is 0 Å². The van der Waals surface area contributed by atoms with E-state index in [2.05, 4.69) is 26.2 Å². The molecule has 0 spiro atoms. The van der Waals surface area contributed by atoms with Crippen LogP contribution < -0.4 is 16.4 Å². The molecule has 2 aromatic rings. The van der Waals surface area contributed by atoms with Crippen LogP contribution in [-0.2, 0) is 0 Å². The summed E-state index contributed by atoms with van der Waals surface area (Å²) in [6.45, 7) is 1.87. The molecule has 4 rings (SSSR count). The van der Waals surface area contributed by atoms with Gasteiger partial charge in [-0.05, 0) is 56.0 Å². The quantitative estimate of drug-likeness (QED) is 0.745. The third-order valence-electron chi connectivity index (χ3n) is 5.03. The number of hydrogen-bond donors (Lipinski definition) is 3. The van der Waals surface area contributed by atoms with Gasteiger partial charge in [0.15, 0.2) is 0 Å². The van der Waals surface area contributed by atoms with Gasteiger partial charge in [-0.3, -0.25) is 10.1 Å². The van der Waals surface area contributed by atoms with Gasteiger partial charge < -0.3 is 11.1 Å². The van der Waals surface area contributed by atoms with E-state index in [1.54, 1.807) is 0 Å². The lowest BCUT2D eigenvalue weighted by molar-refractivity contribution is 0.103. The van der Waals surface area contributed by atoms with Gasteiger partial charge in [0, 0.05) is 24.0 Å². The minimum absolute atomic E-state index is 0.0983. The zero-order valence-electron chi connectivity index (χ0n) is 14.2. The molecule has 2 fully saturated rings. The summed E-state index contributed by atoms with van der Waals surface area (Å²) in [4.78, 5) is 13.1. The summed E-state index contributed by atoms with van der Waals surface area (Å²) in [6, 6.07) is 3.58. The van der Waals surface area contributed by atoms with E-state index < -0.39 is 0 Å². The highest BCUT2D eigenvalue weighted by atomic mass is 32.1. The molecule has 0 aromatic carbocycles. The average Bonchev–Trinajstić information content (AvgIpc) is 2.99. The van der Waals surface area contributed by atoms with Crippen molar-refractivity contribution in [3.63, 3.8) is 0 Å². The fourth-order valence-corrected chi connectivity index (χ4v) is 4.96. The number of nitrogens with one attached hydrogen (secondary N) is 2. The maximum Gasteiger partial charge on any atom is 0.267 e. The molecule has 0 saturated heterocycles. The summed E-state index contributed by atoms with van der Waals surface area (Å²) in [7, 11) is 0. The molecule has 1 amide bonds.